The lowest BCUT2D eigenvalue weighted by molar-refractivity contribution is -0.120. The maximum atomic E-state index is 11.8. The maximum absolute atomic E-state index is 11.8. The first kappa shape index (κ1) is 12.9. The van der Waals surface area contributed by atoms with Gasteiger partial charge in [0.25, 0.3) is 0 Å². The number of hydrogen-bond donors (Lipinski definition) is 1. The SMILES string of the molecule is O=C(Cc1ccsc1)NCC1(CCl)CCCC1. The van der Waals surface area contributed by atoms with Crippen molar-refractivity contribution in [1.82, 2.24) is 5.32 Å². The van der Waals surface area contributed by atoms with Crippen LogP contribution in [0.1, 0.15) is 31.2 Å². The van der Waals surface area contributed by atoms with E-state index < -0.39 is 0 Å². The topological polar surface area (TPSA) is 29.1 Å². The van der Waals surface area contributed by atoms with Crippen molar-refractivity contribution in [3.8, 4) is 0 Å². The molecule has 0 aromatic carbocycles. The third kappa shape index (κ3) is 3.46. The highest BCUT2D eigenvalue weighted by Gasteiger charge is 2.33. The summed E-state index contributed by atoms with van der Waals surface area (Å²) in [6.45, 7) is 0.736. The highest BCUT2D eigenvalue weighted by atomic mass is 35.5. The van der Waals surface area contributed by atoms with E-state index in [4.69, 9.17) is 11.6 Å². The lowest BCUT2D eigenvalue weighted by atomic mass is 9.88. The third-order valence-electron chi connectivity index (χ3n) is 3.55. The normalized spacial score (nSPS) is 18.2. The Morgan fingerprint density at radius 1 is 1.47 bits per heavy atom. The van der Waals surface area contributed by atoms with Crippen molar-refractivity contribution in [3.63, 3.8) is 0 Å². The van der Waals surface area contributed by atoms with Crippen molar-refractivity contribution < 1.29 is 4.79 Å². The van der Waals surface area contributed by atoms with Crippen LogP contribution in [-0.4, -0.2) is 18.3 Å². The Hall–Kier alpha value is -0.540. The molecular weight excluding hydrogens is 254 g/mol. The van der Waals surface area contributed by atoms with Gasteiger partial charge in [0, 0.05) is 17.8 Å². The second-order valence-corrected chi connectivity index (χ2v) is 5.97. The van der Waals surface area contributed by atoms with E-state index in [0.29, 0.717) is 12.3 Å². The van der Waals surface area contributed by atoms with E-state index in [2.05, 4.69) is 5.32 Å². The lowest BCUT2D eigenvalue weighted by Gasteiger charge is -2.26. The van der Waals surface area contributed by atoms with Gasteiger partial charge in [-0.2, -0.15) is 11.3 Å². The van der Waals surface area contributed by atoms with Gasteiger partial charge in [-0.25, -0.2) is 0 Å². The smallest absolute Gasteiger partial charge is 0.224 e. The number of alkyl halides is 1. The monoisotopic (exact) mass is 271 g/mol. The predicted molar refractivity (Wildman–Crippen MR) is 72.7 cm³/mol. The van der Waals surface area contributed by atoms with E-state index >= 15 is 0 Å². The van der Waals surface area contributed by atoms with Gasteiger partial charge >= 0.3 is 0 Å². The van der Waals surface area contributed by atoms with Crippen LogP contribution >= 0.6 is 22.9 Å². The molecule has 1 heterocycles. The van der Waals surface area contributed by atoms with Gasteiger partial charge in [0.2, 0.25) is 5.91 Å². The molecule has 2 nitrogen and oxygen atoms in total. The molecule has 1 aliphatic carbocycles. The second-order valence-electron chi connectivity index (χ2n) is 4.93. The van der Waals surface area contributed by atoms with Crippen LogP contribution in [0.2, 0.25) is 0 Å². The van der Waals surface area contributed by atoms with Crippen LogP contribution in [0.5, 0.6) is 0 Å². The van der Waals surface area contributed by atoms with Gasteiger partial charge in [0.15, 0.2) is 0 Å². The van der Waals surface area contributed by atoms with Crippen molar-refractivity contribution in [2.24, 2.45) is 5.41 Å². The van der Waals surface area contributed by atoms with Crippen molar-refractivity contribution in [2.75, 3.05) is 12.4 Å². The van der Waals surface area contributed by atoms with Gasteiger partial charge in [-0.1, -0.05) is 12.8 Å². The van der Waals surface area contributed by atoms with Gasteiger partial charge in [0.05, 0.1) is 6.42 Å². The first-order valence-electron chi connectivity index (χ1n) is 6.08. The highest BCUT2D eigenvalue weighted by molar-refractivity contribution is 7.07. The van der Waals surface area contributed by atoms with Crippen LogP contribution < -0.4 is 5.32 Å². The quantitative estimate of drug-likeness (QED) is 0.819. The number of halogens is 1. The van der Waals surface area contributed by atoms with Gasteiger partial charge in [-0.05, 0) is 35.2 Å². The fraction of sp³-hybridized carbons (Fsp3) is 0.615. The third-order valence-corrected chi connectivity index (χ3v) is 4.85. The summed E-state index contributed by atoms with van der Waals surface area (Å²) in [5.41, 5.74) is 1.25. The Labute approximate surface area is 111 Å². The zero-order chi connectivity index (χ0) is 12.1. The Bertz CT molecular complexity index is 358. The average Bonchev–Trinajstić information content (AvgIpc) is 2.98. The standard InChI is InChI=1S/C13H18ClNOS/c14-9-13(4-1-2-5-13)10-15-12(16)7-11-3-6-17-8-11/h3,6,8H,1-2,4-5,7,9-10H2,(H,15,16). The number of hydrogen-bond acceptors (Lipinski definition) is 2. The largest absolute Gasteiger partial charge is 0.355 e. The number of carbonyl (C=O) groups is 1. The number of rotatable bonds is 5. The van der Waals surface area contributed by atoms with E-state index in [1.165, 1.54) is 12.8 Å². The summed E-state index contributed by atoms with van der Waals surface area (Å²) < 4.78 is 0. The number of nitrogens with one attached hydrogen (secondary N) is 1. The summed E-state index contributed by atoms with van der Waals surface area (Å²) in [6.07, 6.45) is 5.27. The zero-order valence-electron chi connectivity index (χ0n) is 9.88. The summed E-state index contributed by atoms with van der Waals surface area (Å²) in [4.78, 5) is 11.8. The van der Waals surface area contributed by atoms with Gasteiger partial charge < -0.3 is 5.32 Å². The molecule has 1 amide bonds. The molecule has 1 aliphatic rings. The molecule has 0 unspecified atom stereocenters. The van der Waals surface area contributed by atoms with Gasteiger partial charge in [-0.15, -0.1) is 11.6 Å². The van der Waals surface area contributed by atoms with Crippen molar-refractivity contribution in [3.05, 3.63) is 22.4 Å². The predicted octanol–water partition coefficient (Wildman–Crippen LogP) is 3.21. The molecule has 1 fully saturated rings. The van der Waals surface area contributed by atoms with Crippen LogP contribution in [0, 0.1) is 5.41 Å². The average molecular weight is 272 g/mol. The molecule has 0 spiro atoms. The molecule has 2 rings (SSSR count). The number of carbonyl (C=O) groups excluding carboxylic acids is 1. The minimum atomic E-state index is 0.111. The number of amides is 1. The van der Waals surface area contributed by atoms with E-state index in [0.717, 1.165) is 24.9 Å². The molecule has 0 bridgehead atoms. The summed E-state index contributed by atoms with van der Waals surface area (Å²) in [7, 11) is 0. The fourth-order valence-corrected chi connectivity index (χ4v) is 3.44. The summed E-state index contributed by atoms with van der Waals surface area (Å²) >= 11 is 7.67. The van der Waals surface area contributed by atoms with E-state index in [9.17, 15) is 4.79 Å². The maximum Gasteiger partial charge on any atom is 0.224 e. The van der Waals surface area contributed by atoms with Crippen LogP contribution in [0.15, 0.2) is 16.8 Å². The zero-order valence-corrected chi connectivity index (χ0v) is 11.4. The molecule has 17 heavy (non-hydrogen) atoms. The molecule has 0 atom stereocenters. The van der Waals surface area contributed by atoms with Gasteiger partial charge in [-0.3, -0.25) is 4.79 Å². The van der Waals surface area contributed by atoms with E-state index in [-0.39, 0.29) is 11.3 Å². The van der Waals surface area contributed by atoms with Crippen LogP contribution in [0.3, 0.4) is 0 Å². The summed E-state index contributed by atoms with van der Waals surface area (Å²) in [5.74, 6) is 0.769. The molecule has 0 saturated heterocycles. The van der Waals surface area contributed by atoms with Crippen LogP contribution in [0.25, 0.3) is 0 Å². The van der Waals surface area contributed by atoms with Crippen molar-refractivity contribution in [1.29, 1.82) is 0 Å². The van der Waals surface area contributed by atoms with Crippen molar-refractivity contribution >= 4 is 28.8 Å². The molecule has 1 saturated carbocycles. The first-order valence-corrected chi connectivity index (χ1v) is 7.56. The second kappa shape index (κ2) is 5.87. The Morgan fingerprint density at radius 2 is 2.24 bits per heavy atom. The van der Waals surface area contributed by atoms with Crippen LogP contribution in [0.4, 0.5) is 0 Å². The first-order chi connectivity index (χ1) is 8.24. The van der Waals surface area contributed by atoms with E-state index in [1.54, 1.807) is 11.3 Å². The van der Waals surface area contributed by atoms with E-state index in [1.807, 2.05) is 16.8 Å². The molecule has 0 radical (unpaired) electrons. The molecule has 0 aliphatic heterocycles. The minimum Gasteiger partial charge on any atom is -0.355 e. The highest BCUT2D eigenvalue weighted by Crippen LogP contribution is 2.38. The molecule has 1 aromatic rings. The summed E-state index contributed by atoms with van der Waals surface area (Å²) in [6, 6.07) is 2.00. The molecular formula is C13H18ClNOS. The van der Waals surface area contributed by atoms with Crippen LogP contribution in [-0.2, 0) is 11.2 Å². The molecule has 1 aromatic heterocycles. The Morgan fingerprint density at radius 3 is 2.82 bits per heavy atom. The minimum absolute atomic E-state index is 0.111. The Balaban J connectivity index is 1.79. The van der Waals surface area contributed by atoms with Gasteiger partial charge in [0.1, 0.15) is 0 Å². The molecule has 1 N–H and O–H groups in total. The Kier molecular flexibility index (Phi) is 4.46. The molecule has 94 valence electrons. The summed E-state index contributed by atoms with van der Waals surface area (Å²) in [5, 5.41) is 7.06. The van der Waals surface area contributed by atoms with Crippen molar-refractivity contribution in [2.45, 2.75) is 32.1 Å². The molecule has 4 heteroatoms. The lowest BCUT2D eigenvalue weighted by Crippen LogP contribution is -2.37. The fourth-order valence-electron chi connectivity index (χ4n) is 2.41. The number of thiophene rings is 1.